The summed E-state index contributed by atoms with van der Waals surface area (Å²) in [6.07, 6.45) is 9.06. The molecule has 102 valence electrons. The zero-order valence-corrected chi connectivity index (χ0v) is 11.5. The highest BCUT2D eigenvalue weighted by atomic mass is 15.3. The van der Waals surface area contributed by atoms with Crippen molar-refractivity contribution < 1.29 is 0 Å². The number of rotatable bonds is 5. The highest BCUT2D eigenvalue weighted by Gasteiger charge is 2.28. The van der Waals surface area contributed by atoms with E-state index >= 15 is 0 Å². The summed E-state index contributed by atoms with van der Waals surface area (Å²) >= 11 is 0. The molecule has 1 aliphatic carbocycles. The first-order chi connectivity index (χ1) is 8.74. The van der Waals surface area contributed by atoms with E-state index in [1.54, 1.807) is 6.33 Å². The summed E-state index contributed by atoms with van der Waals surface area (Å²) in [5, 5.41) is 4.12. The van der Waals surface area contributed by atoms with Crippen molar-refractivity contribution in [3.8, 4) is 0 Å². The van der Waals surface area contributed by atoms with Crippen LogP contribution in [0.4, 0.5) is 0 Å². The topological polar surface area (TPSA) is 68.8 Å². The lowest BCUT2D eigenvalue weighted by molar-refractivity contribution is 0.206. The van der Waals surface area contributed by atoms with Gasteiger partial charge >= 0.3 is 0 Å². The molecule has 0 saturated heterocycles. The zero-order valence-electron chi connectivity index (χ0n) is 11.5. The number of hydrazine groups is 1. The van der Waals surface area contributed by atoms with Crippen molar-refractivity contribution in [1.29, 1.82) is 0 Å². The Balaban J connectivity index is 1.97. The van der Waals surface area contributed by atoms with E-state index in [0.717, 1.165) is 18.2 Å². The second-order valence-corrected chi connectivity index (χ2v) is 5.48. The summed E-state index contributed by atoms with van der Waals surface area (Å²) < 4.78 is 1.84. The van der Waals surface area contributed by atoms with Crippen LogP contribution in [0.5, 0.6) is 0 Å². The van der Waals surface area contributed by atoms with E-state index in [9.17, 15) is 0 Å². The molecule has 1 aromatic heterocycles. The van der Waals surface area contributed by atoms with Gasteiger partial charge in [-0.1, -0.05) is 26.2 Å². The second kappa shape index (κ2) is 6.29. The van der Waals surface area contributed by atoms with Gasteiger partial charge in [0, 0.05) is 19.5 Å². The molecule has 3 unspecified atom stereocenters. The van der Waals surface area contributed by atoms with Crippen molar-refractivity contribution in [2.24, 2.45) is 24.7 Å². The van der Waals surface area contributed by atoms with Gasteiger partial charge in [-0.3, -0.25) is 16.0 Å². The van der Waals surface area contributed by atoms with Crippen molar-refractivity contribution in [3.05, 3.63) is 12.2 Å². The molecule has 3 N–H and O–H groups in total. The number of nitrogens with two attached hydrogens (primary N) is 1. The SMILES string of the molecule is CCC1CCCC(C(Cc2ncnn2C)NN)C1. The minimum atomic E-state index is 0.322. The van der Waals surface area contributed by atoms with Crippen LogP contribution in [-0.2, 0) is 13.5 Å². The molecule has 0 amide bonds. The molecule has 1 aliphatic rings. The molecule has 0 aliphatic heterocycles. The summed E-state index contributed by atoms with van der Waals surface area (Å²) in [7, 11) is 1.94. The van der Waals surface area contributed by atoms with E-state index in [0.29, 0.717) is 12.0 Å². The average molecular weight is 251 g/mol. The fourth-order valence-electron chi connectivity index (χ4n) is 3.13. The van der Waals surface area contributed by atoms with Crippen LogP contribution in [0.2, 0.25) is 0 Å². The maximum atomic E-state index is 5.75. The lowest BCUT2D eigenvalue weighted by Crippen LogP contribution is -2.44. The third-order valence-electron chi connectivity index (χ3n) is 4.39. The third kappa shape index (κ3) is 3.09. The lowest BCUT2D eigenvalue weighted by Gasteiger charge is -2.33. The number of aryl methyl sites for hydroxylation is 1. The van der Waals surface area contributed by atoms with Gasteiger partial charge in [0.05, 0.1) is 0 Å². The monoisotopic (exact) mass is 251 g/mol. The van der Waals surface area contributed by atoms with Crippen LogP contribution in [0, 0.1) is 11.8 Å². The quantitative estimate of drug-likeness (QED) is 0.613. The molecule has 0 spiro atoms. The Hall–Kier alpha value is -0.940. The molecule has 1 saturated carbocycles. The van der Waals surface area contributed by atoms with Crippen LogP contribution in [0.15, 0.2) is 6.33 Å². The van der Waals surface area contributed by atoms with Crippen molar-refractivity contribution in [2.75, 3.05) is 0 Å². The van der Waals surface area contributed by atoms with Gasteiger partial charge in [-0.05, 0) is 24.7 Å². The molecule has 1 heterocycles. The summed E-state index contributed by atoms with van der Waals surface area (Å²) in [6.45, 7) is 2.29. The molecule has 2 rings (SSSR count). The van der Waals surface area contributed by atoms with Gasteiger partial charge in [-0.15, -0.1) is 0 Å². The maximum absolute atomic E-state index is 5.75. The minimum absolute atomic E-state index is 0.322. The van der Waals surface area contributed by atoms with Crippen molar-refractivity contribution in [2.45, 2.75) is 51.5 Å². The molecule has 0 bridgehead atoms. The van der Waals surface area contributed by atoms with E-state index in [2.05, 4.69) is 22.4 Å². The van der Waals surface area contributed by atoms with E-state index < -0.39 is 0 Å². The number of nitrogens with one attached hydrogen (secondary N) is 1. The van der Waals surface area contributed by atoms with Crippen molar-refractivity contribution in [1.82, 2.24) is 20.2 Å². The standard InChI is InChI=1S/C13H25N5/c1-3-10-5-4-6-11(7-10)12(17-14)8-13-15-9-16-18(13)2/h9-12,17H,3-8,14H2,1-2H3. The van der Waals surface area contributed by atoms with Gasteiger partial charge < -0.3 is 0 Å². The highest BCUT2D eigenvalue weighted by molar-refractivity contribution is 4.92. The Labute approximate surface area is 109 Å². The van der Waals surface area contributed by atoms with Crippen LogP contribution in [0.3, 0.4) is 0 Å². The normalized spacial score (nSPS) is 26.2. The van der Waals surface area contributed by atoms with Gasteiger partial charge in [-0.25, -0.2) is 4.98 Å². The Morgan fingerprint density at radius 1 is 1.56 bits per heavy atom. The molecular weight excluding hydrogens is 226 g/mol. The molecule has 1 aromatic rings. The van der Waals surface area contributed by atoms with Crippen molar-refractivity contribution >= 4 is 0 Å². The first-order valence-electron chi connectivity index (χ1n) is 7.03. The minimum Gasteiger partial charge on any atom is -0.271 e. The van der Waals surface area contributed by atoms with Gasteiger partial charge in [0.1, 0.15) is 12.2 Å². The predicted molar refractivity (Wildman–Crippen MR) is 71.6 cm³/mol. The van der Waals surface area contributed by atoms with Crippen LogP contribution in [-0.4, -0.2) is 20.8 Å². The number of hydrogen-bond donors (Lipinski definition) is 2. The van der Waals surface area contributed by atoms with Crippen molar-refractivity contribution in [3.63, 3.8) is 0 Å². The average Bonchev–Trinajstić information content (AvgIpc) is 2.81. The first kappa shape index (κ1) is 13.5. The highest BCUT2D eigenvalue weighted by Crippen LogP contribution is 2.33. The number of hydrogen-bond acceptors (Lipinski definition) is 4. The molecular formula is C13H25N5. The second-order valence-electron chi connectivity index (χ2n) is 5.48. The van der Waals surface area contributed by atoms with Crippen LogP contribution in [0.25, 0.3) is 0 Å². The summed E-state index contributed by atoms with van der Waals surface area (Å²) in [5.41, 5.74) is 3.00. The summed E-state index contributed by atoms with van der Waals surface area (Å²) in [6, 6.07) is 0.322. The number of nitrogens with zero attached hydrogens (tertiary/aromatic N) is 3. The smallest absolute Gasteiger partial charge is 0.138 e. The van der Waals surface area contributed by atoms with Gasteiger partial charge in [-0.2, -0.15) is 5.10 Å². The fraction of sp³-hybridized carbons (Fsp3) is 0.846. The molecule has 3 atom stereocenters. The molecule has 5 heteroatoms. The molecule has 0 radical (unpaired) electrons. The molecule has 18 heavy (non-hydrogen) atoms. The van der Waals surface area contributed by atoms with E-state index in [1.165, 1.54) is 32.1 Å². The zero-order chi connectivity index (χ0) is 13.0. The van der Waals surface area contributed by atoms with Crippen LogP contribution >= 0.6 is 0 Å². The lowest BCUT2D eigenvalue weighted by atomic mass is 9.76. The largest absolute Gasteiger partial charge is 0.271 e. The Kier molecular flexibility index (Phi) is 4.72. The number of aromatic nitrogens is 3. The van der Waals surface area contributed by atoms with Crippen LogP contribution in [0.1, 0.15) is 44.9 Å². The predicted octanol–water partition coefficient (Wildman–Crippen LogP) is 1.41. The van der Waals surface area contributed by atoms with Gasteiger partial charge in [0.15, 0.2) is 0 Å². The Morgan fingerprint density at radius 2 is 2.39 bits per heavy atom. The van der Waals surface area contributed by atoms with E-state index in [1.807, 2.05) is 11.7 Å². The van der Waals surface area contributed by atoms with Gasteiger partial charge in [0.25, 0.3) is 0 Å². The van der Waals surface area contributed by atoms with Crippen LogP contribution < -0.4 is 11.3 Å². The fourth-order valence-corrected chi connectivity index (χ4v) is 3.13. The third-order valence-corrected chi connectivity index (χ3v) is 4.39. The maximum Gasteiger partial charge on any atom is 0.138 e. The van der Waals surface area contributed by atoms with E-state index in [4.69, 9.17) is 5.84 Å². The van der Waals surface area contributed by atoms with Gasteiger partial charge in [0.2, 0.25) is 0 Å². The molecule has 5 nitrogen and oxygen atoms in total. The van der Waals surface area contributed by atoms with E-state index in [-0.39, 0.29) is 0 Å². The Morgan fingerprint density at radius 3 is 3.00 bits per heavy atom. The first-order valence-corrected chi connectivity index (χ1v) is 7.03. The summed E-state index contributed by atoms with van der Waals surface area (Å²) in [4.78, 5) is 4.29. The Bertz CT molecular complexity index is 362. The summed E-state index contributed by atoms with van der Waals surface area (Å²) in [5.74, 6) is 8.31. The molecule has 0 aromatic carbocycles. The molecule has 1 fully saturated rings.